The average Bonchev–Trinajstić information content (AvgIpc) is 3.56. The number of methoxy groups -OCH3 is 1. The van der Waals surface area contributed by atoms with Gasteiger partial charge in [-0.3, -0.25) is 19.7 Å². The minimum atomic E-state index is -2.54. The molecule has 14 nitrogen and oxygen atoms in total. The van der Waals surface area contributed by atoms with E-state index in [-0.39, 0.29) is 18.2 Å². The highest BCUT2D eigenvalue weighted by atomic mass is 35.5. The van der Waals surface area contributed by atoms with Crippen molar-refractivity contribution >= 4 is 70.6 Å². The number of carbonyl (C=O) groups is 3. The van der Waals surface area contributed by atoms with Gasteiger partial charge in [-0.25, -0.2) is 4.98 Å². The lowest BCUT2D eigenvalue weighted by molar-refractivity contribution is -0.136. The van der Waals surface area contributed by atoms with E-state index in [1.165, 1.54) is 6.20 Å². The van der Waals surface area contributed by atoms with E-state index in [4.69, 9.17) is 21.1 Å². The molecule has 0 radical (unpaired) electrons. The first kappa shape index (κ1) is 42.0. The Hall–Kier alpha value is -5.17. The first-order valence-corrected chi connectivity index (χ1v) is 23.2. The number of imide groups is 1. The zero-order valence-corrected chi connectivity index (χ0v) is 35.4. The van der Waals surface area contributed by atoms with Gasteiger partial charge in [-0.15, -0.1) is 0 Å². The molecule has 4 N–H and O–H groups in total. The predicted octanol–water partition coefficient (Wildman–Crippen LogP) is 6.83. The van der Waals surface area contributed by atoms with Crippen LogP contribution in [0.5, 0.6) is 11.5 Å². The van der Waals surface area contributed by atoms with Gasteiger partial charge in [0.2, 0.25) is 17.8 Å². The summed E-state index contributed by atoms with van der Waals surface area (Å²) in [4.78, 5) is 50.0. The number of ether oxygens (including phenoxy) is 2. The number of fused-ring (bicyclic) bond motifs is 1. The Morgan fingerprint density at radius 1 is 0.915 bits per heavy atom. The monoisotopic (exact) mass is 842 g/mol. The van der Waals surface area contributed by atoms with Crippen LogP contribution in [0, 0.1) is 0 Å². The van der Waals surface area contributed by atoms with Crippen LogP contribution >= 0.6 is 18.7 Å². The van der Waals surface area contributed by atoms with Crippen LogP contribution in [-0.2, 0) is 20.7 Å². The van der Waals surface area contributed by atoms with E-state index in [1.807, 2.05) is 48.5 Å². The quantitative estimate of drug-likeness (QED) is 0.0498. The van der Waals surface area contributed by atoms with Gasteiger partial charge in [0.25, 0.3) is 5.91 Å². The lowest BCUT2D eigenvalue weighted by Crippen LogP contribution is -2.52. The molecule has 3 aliphatic heterocycles. The second kappa shape index (κ2) is 18.8. The molecular formula is C43H52ClN8O6P. The number of hydrogen-bond donors (Lipinski definition) is 4. The van der Waals surface area contributed by atoms with E-state index in [0.29, 0.717) is 70.5 Å². The van der Waals surface area contributed by atoms with Gasteiger partial charge in [-0.1, -0.05) is 42.6 Å². The van der Waals surface area contributed by atoms with Crippen LogP contribution < -0.4 is 40.9 Å². The standard InChI is InChI=1S/C43H52ClN8O6P/c1-57-37-25-29(15-16-33(37)48-43-46-26-32(44)40(50-43)47-34-12-6-7-14-38(34)59(2,3)56)51-22-19-28(20-23-51)45-21-8-4-5-9-24-58-36-13-10-11-30-31(36)27-52(42(30)55)35-17-18-39(53)49-41(35)54/h6-7,10-16,25-26,28,35,45H,4-5,8-9,17-24,27H2,1-3H3,(H,49,53,54)(H2,46,47,48,50). The van der Waals surface area contributed by atoms with E-state index < -0.39 is 19.1 Å². The van der Waals surface area contributed by atoms with Crippen molar-refractivity contribution in [1.29, 1.82) is 0 Å². The van der Waals surface area contributed by atoms with E-state index in [9.17, 15) is 18.9 Å². The zero-order chi connectivity index (χ0) is 41.5. The van der Waals surface area contributed by atoms with E-state index >= 15 is 0 Å². The number of para-hydroxylation sites is 1. The molecule has 0 bridgehead atoms. The molecule has 312 valence electrons. The largest absolute Gasteiger partial charge is 0.494 e. The Morgan fingerprint density at radius 3 is 2.49 bits per heavy atom. The second-order valence-electron chi connectivity index (χ2n) is 15.6. The third kappa shape index (κ3) is 10.2. The maximum Gasteiger partial charge on any atom is 0.255 e. The SMILES string of the molecule is COc1cc(N2CCC(NCCCCCCOc3cccc4c3CN(C3CCC(=O)NC3=O)C4=O)CC2)ccc1Nc1ncc(Cl)c(Nc2ccccc2P(C)(C)=O)n1. The van der Waals surface area contributed by atoms with E-state index in [0.717, 1.165) is 75.1 Å². The first-order valence-electron chi connectivity index (χ1n) is 20.3. The predicted molar refractivity (Wildman–Crippen MR) is 232 cm³/mol. The van der Waals surface area contributed by atoms with Crippen LogP contribution in [0.25, 0.3) is 0 Å². The molecule has 0 saturated carbocycles. The molecule has 7 rings (SSSR count). The number of halogens is 1. The van der Waals surface area contributed by atoms with Crippen molar-refractivity contribution in [3.8, 4) is 11.5 Å². The molecule has 3 aliphatic rings. The highest BCUT2D eigenvalue weighted by Gasteiger charge is 2.40. The number of anilines is 5. The summed E-state index contributed by atoms with van der Waals surface area (Å²) in [5.74, 6) is 1.20. The van der Waals surface area contributed by atoms with E-state index in [1.54, 1.807) is 31.4 Å². The lowest BCUT2D eigenvalue weighted by atomic mass is 10.0. The summed E-state index contributed by atoms with van der Waals surface area (Å²) < 4.78 is 24.8. The van der Waals surface area contributed by atoms with Gasteiger partial charge in [-0.05, 0) is 88.4 Å². The highest BCUT2D eigenvalue weighted by Crippen LogP contribution is 2.39. The molecular weight excluding hydrogens is 791 g/mol. The number of nitrogens with one attached hydrogen (secondary N) is 4. The molecule has 0 spiro atoms. The average molecular weight is 843 g/mol. The van der Waals surface area contributed by atoms with Gasteiger partial charge < -0.3 is 39.8 Å². The second-order valence-corrected chi connectivity index (χ2v) is 19.1. The van der Waals surface area contributed by atoms with Crippen molar-refractivity contribution in [1.82, 2.24) is 25.5 Å². The number of rotatable bonds is 17. The van der Waals surface area contributed by atoms with Crippen LogP contribution in [0.3, 0.4) is 0 Å². The van der Waals surface area contributed by atoms with Crippen molar-refractivity contribution < 1.29 is 28.4 Å². The number of hydrogen-bond acceptors (Lipinski definition) is 12. The number of aromatic nitrogens is 2. The van der Waals surface area contributed by atoms with Gasteiger partial charge in [-0.2, -0.15) is 4.98 Å². The summed E-state index contributed by atoms with van der Waals surface area (Å²) in [6.45, 7) is 7.17. The number of carbonyl (C=O) groups excluding carboxylic acids is 3. The maximum absolute atomic E-state index is 13.1. The fraction of sp³-hybridized carbons (Fsp3) is 0.419. The molecule has 1 aromatic heterocycles. The molecule has 4 aromatic rings. The van der Waals surface area contributed by atoms with Gasteiger partial charge in [0.15, 0.2) is 5.82 Å². The Bertz CT molecular complexity index is 2230. The minimum Gasteiger partial charge on any atom is -0.494 e. The summed E-state index contributed by atoms with van der Waals surface area (Å²) in [6, 6.07) is 18.8. The Labute approximate surface area is 350 Å². The molecule has 1 atom stereocenters. The normalized spacial score (nSPS) is 17.2. The van der Waals surface area contributed by atoms with Crippen LogP contribution in [-0.4, -0.2) is 91.4 Å². The summed E-state index contributed by atoms with van der Waals surface area (Å²) in [5.41, 5.74) is 3.87. The summed E-state index contributed by atoms with van der Waals surface area (Å²) in [6.07, 6.45) is 8.32. The number of nitrogens with zero attached hydrogens (tertiary/aromatic N) is 4. The Morgan fingerprint density at radius 2 is 1.71 bits per heavy atom. The third-order valence-electron chi connectivity index (χ3n) is 11.1. The molecule has 3 amide bonds. The fourth-order valence-corrected chi connectivity index (χ4v) is 9.19. The van der Waals surface area contributed by atoms with Crippen molar-refractivity contribution in [2.45, 2.75) is 70.0 Å². The van der Waals surface area contributed by atoms with Gasteiger partial charge in [0.05, 0.1) is 37.8 Å². The first-order chi connectivity index (χ1) is 28.5. The number of amides is 3. The van der Waals surface area contributed by atoms with Crippen LogP contribution in [0.4, 0.5) is 28.8 Å². The smallest absolute Gasteiger partial charge is 0.255 e. The van der Waals surface area contributed by atoms with Gasteiger partial charge >= 0.3 is 0 Å². The highest BCUT2D eigenvalue weighted by molar-refractivity contribution is 7.70. The lowest BCUT2D eigenvalue weighted by Gasteiger charge is -2.34. The topological polar surface area (TPSA) is 167 Å². The van der Waals surface area contributed by atoms with Gasteiger partial charge in [0.1, 0.15) is 29.7 Å². The number of unbranched alkanes of at least 4 members (excludes halogenated alkanes) is 3. The molecule has 2 saturated heterocycles. The van der Waals surface area contributed by atoms with Crippen molar-refractivity contribution in [3.63, 3.8) is 0 Å². The van der Waals surface area contributed by atoms with Crippen LogP contribution in [0.1, 0.15) is 67.3 Å². The third-order valence-corrected chi connectivity index (χ3v) is 12.9. The fourth-order valence-electron chi connectivity index (χ4n) is 7.89. The molecule has 16 heteroatoms. The molecule has 2 fully saturated rings. The van der Waals surface area contributed by atoms with Crippen LogP contribution in [0.15, 0.2) is 66.9 Å². The molecule has 59 heavy (non-hydrogen) atoms. The van der Waals surface area contributed by atoms with Gasteiger partial charge in [0, 0.05) is 53.7 Å². The van der Waals surface area contributed by atoms with Crippen molar-refractivity contribution in [2.75, 3.05) is 62.2 Å². The zero-order valence-electron chi connectivity index (χ0n) is 33.8. The number of benzene rings is 3. The summed E-state index contributed by atoms with van der Waals surface area (Å²) in [5, 5.41) is 13.7. The Kier molecular flexibility index (Phi) is 13.4. The molecule has 4 heterocycles. The molecule has 1 unspecified atom stereocenters. The number of piperidine rings is 2. The Balaban J connectivity index is 0.815. The summed E-state index contributed by atoms with van der Waals surface area (Å²) >= 11 is 6.46. The molecule has 0 aliphatic carbocycles. The minimum absolute atomic E-state index is 0.192. The maximum atomic E-state index is 13.1. The summed E-state index contributed by atoms with van der Waals surface area (Å²) in [7, 11) is -0.900. The van der Waals surface area contributed by atoms with E-state index in [2.05, 4.69) is 42.2 Å². The van der Waals surface area contributed by atoms with Crippen LogP contribution in [0.2, 0.25) is 5.02 Å². The molecule has 3 aromatic carbocycles. The van der Waals surface area contributed by atoms with Crippen molar-refractivity contribution in [2.24, 2.45) is 0 Å². The van der Waals surface area contributed by atoms with Crippen molar-refractivity contribution in [3.05, 3.63) is 83.0 Å².